The molecule has 2 aliphatic heterocycles. The van der Waals surface area contributed by atoms with E-state index >= 15 is 0 Å². The number of fused-ring (bicyclic) bond motifs is 7. The minimum Gasteiger partial charge on any atom is -0.313 e. The van der Waals surface area contributed by atoms with Gasteiger partial charge in [0.2, 0.25) is 6.71 Å². The molecule has 3 aliphatic rings. The molecule has 0 amide bonds. The number of para-hydroxylation sites is 2. The van der Waals surface area contributed by atoms with Crippen LogP contribution in [0, 0.1) is 0 Å². The highest BCUT2D eigenvalue weighted by Crippen LogP contribution is 2.42. The fourth-order valence-electron chi connectivity index (χ4n) is 7.58. The summed E-state index contributed by atoms with van der Waals surface area (Å²) in [6.45, 7) is 0.223. The van der Waals surface area contributed by atoms with Crippen LogP contribution in [0.2, 0.25) is 0 Å². The second-order valence-corrected chi connectivity index (χ2v) is 12.6. The first kappa shape index (κ1) is 23.5. The van der Waals surface area contributed by atoms with Crippen molar-refractivity contribution in [3.05, 3.63) is 127 Å². The van der Waals surface area contributed by atoms with E-state index in [0.717, 1.165) is 6.42 Å². The fourth-order valence-corrected chi connectivity index (χ4v) is 8.74. The molecule has 0 saturated heterocycles. The Morgan fingerprint density at radius 2 is 1.39 bits per heavy atom. The Hall–Kier alpha value is -4.15. The van der Waals surface area contributed by atoms with Gasteiger partial charge in [0, 0.05) is 43.6 Å². The standard InChI is InChI=1S/C37H29BN2S/c1-3-12-25(13-4-1)39-33-19-11-21-36-37(33)38(30-16-8-10-20-35(30)41-36)29-23-22-26(24-34(29)39)40-31-17-6-2-5-14-27(31)28-15-7-9-18-32(28)40/h1,3-4,7-13,15-16,18-24H,2,5-6,14,17H2. The number of benzene rings is 5. The smallest absolute Gasteiger partial charge is 0.249 e. The zero-order chi connectivity index (χ0) is 26.9. The van der Waals surface area contributed by atoms with Crippen molar-refractivity contribution < 1.29 is 0 Å². The summed E-state index contributed by atoms with van der Waals surface area (Å²) in [5, 5.41) is 1.43. The van der Waals surface area contributed by atoms with Crippen LogP contribution >= 0.6 is 11.8 Å². The molecule has 4 heteroatoms. The van der Waals surface area contributed by atoms with Gasteiger partial charge in [0.1, 0.15) is 0 Å². The normalized spacial score (nSPS) is 15.1. The molecule has 0 saturated carbocycles. The van der Waals surface area contributed by atoms with Crippen LogP contribution in [0.5, 0.6) is 0 Å². The summed E-state index contributed by atoms with van der Waals surface area (Å²) < 4.78 is 2.58. The summed E-state index contributed by atoms with van der Waals surface area (Å²) in [4.78, 5) is 5.24. The van der Waals surface area contributed by atoms with Crippen molar-refractivity contribution in [3.63, 3.8) is 0 Å². The van der Waals surface area contributed by atoms with Crippen molar-refractivity contribution in [1.29, 1.82) is 0 Å². The highest BCUT2D eigenvalue weighted by molar-refractivity contribution is 8.00. The third-order valence-electron chi connectivity index (χ3n) is 9.29. The molecule has 0 unspecified atom stereocenters. The molecule has 41 heavy (non-hydrogen) atoms. The van der Waals surface area contributed by atoms with E-state index in [1.165, 1.54) is 91.2 Å². The molecular weight excluding hydrogens is 515 g/mol. The quantitative estimate of drug-likeness (QED) is 0.163. The molecule has 5 aromatic carbocycles. The SMILES string of the molecule is c1ccc(N2c3cc(-n4c5c(c6ccccc64)CCCCC5)ccc3B3c4ccccc4Sc4cccc2c43)cc1. The van der Waals surface area contributed by atoms with E-state index < -0.39 is 0 Å². The second kappa shape index (κ2) is 9.19. The molecule has 196 valence electrons. The predicted octanol–water partition coefficient (Wildman–Crippen LogP) is 7.66. The molecular formula is C37H29BN2S. The molecule has 0 fully saturated rings. The van der Waals surface area contributed by atoms with E-state index in [-0.39, 0.29) is 6.71 Å². The zero-order valence-electron chi connectivity index (χ0n) is 22.9. The van der Waals surface area contributed by atoms with Gasteiger partial charge in [-0.25, -0.2) is 0 Å². The molecule has 1 aromatic heterocycles. The lowest BCUT2D eigenvalue weighted by atomic mass is 9.35. The summed E-state index contributed by atoms with van der Waals surface area (Å²) in [5.74, 6) is 0. The maximum Gasteiger partial charge on any atom is 0.249 e. The van der Waals surface area contributed by atoms with Gasteiger partial charge in [-0.3, -0.25) is 0 Å². The van der Waals surface area contributed by atoms with Crippen molar-refractivity contribution in [2.24, 2.45) is 0 Å². The maximum absolute atomic E-state index is 2.58. The van der Waals surface area contributed by atoms with E-state index in [0.29, 0.717) is 0 Å². The van der Waals surface area contributed by atoms with Gasteiger partial charge in [-0.1, -0.05) is 90.4 Å². The zero-order valence-corrected chi connectivity index (χ0v) is 23.7. The van der Waals surface area contributed by atoms with Crippen LogP contribution in [-0.4, -0.2) is 11.3 Å². The minimum atomic E-state index is 0.223. The van der Waals surface area contributed by atoms with Gasteiger partial charge in [0.25, 0.3) is 0 Å². The molecule has 0 spiro atoms. The highest BCUT2D eigenvalue weighted by atomic mass is 32.2. The average Bonchev–Trinajstić information content (AvgIpc) is 3.15. The van der Waals surface area contributed by atoms with Gasteiger partial charge in [-0.05, 0) is 90.7 Å². The Labute approximate surface area is 245 Å². The van der Waals surface area contributed by atoms with Crippen molar-refractivity contribution in [1.82, 2.24) is 4.57 Å². The van der Waals surface area contributed by atoms with Crippen LogP contribution in [0.25, 0.3) is 16.6 Å². The topological polar surface area (TPSA) is 8.17 Å². The molecule has 0 N–H and O–H groups in total. The van der Waals surface area contributed by atoms with Crippen LogP contribution in [0.3, 0.4) is 0 Å². The lowest BCUT2D eigenvalue weighted by Gasteiger charge is -2.40. The third kappa shape index (κ3) is 3.47. The molecule has 6 aromatic rings. The highest BCUT2D eigenvalue weighted by Gasteiger charge is 2.40. The first-order valence-electron chi connectivity index (χ1n) is 14.9. The summed E-state index contributed by atoms with van der Waals surface area (Å²) in [6.07, 6.45) is 6.18. The number of anilines is 3. The Morgan fingerprint density at radius 3 is 2.34 bits per heavy atom. The Kier molecular flexibility index (Phi) is 5.28. The van der Waals surface area contributed by atoms with E-state index in [2.05, 4.69) is 125 Å². The van der Waals surface area contributed by atoms with Crippen molar-refractivity contribution in [3.8, 4) is 5.69 Å². The lowest BCUT2D eigenvalue weighted by Crippen LogP contribution is -2.59. The van der Waals surface area contributed by atoms with Gasteiger partial charge in [0.05, 0.1) is 5.52 Å². The van der Waals surface area contributed by atoms with Gasteiger partial charge in [-0.15, -0.1) is 0 Å². The van der Waals surface area contributed by atoms with E-state index in [4.69, 9.17) is 0 Å². The fraction of sp³-hybridized carbons (Fsp3) is 0.135. The van der Waals surface area contributed by atoms with E-state index in [1.807, 2.05) is 11.8 Å². The minimum absolute atomic E-state index is 0.223. The molecule has 9 rings (SSSR count). The van der Waals surface area contributed by atoms with Crippen molar-refractivity contribution in [2.75, 3.05) is 4.90 Å². The summed E-state index contributed by atoms with van der Waals surface area (Å²) in [7, 11) is 0. The van der Waals surface area contributed by atoms with Gasteiger partial charge >= 0.3 is 0 Å². The van der Waals surface area contributed by atoms with Crippen molar-refractivity contribution >= 4 is 62.8 Å². The number of nitrogens with zero attached hydrogens (tertiary/aromatic N) is 2. The van der Waals surface area contributed by atoms with Crippen LogP contribution in [0.4, 0.5) is 17.1 Å². The Bertz CT molecular complexity index is 1980. The summed E-state index contributed by atoms with van der Waals surface area (Å²) in [5.41, 5.74) is 13.7. The van der Waals surface area contributed by atoms with E-state index in [9.17, 15) is 0 Å². The summed E-state index contributed by atoms with van der Waals surface area (Å²) in [6, 6.07) is 43.1. The number of hydrogen-bond donors (Lipinski definition) is 0. The third-order valence-corrected chi connectivity index (χ3v) is 10.5. The monoisotopic (exact) mass is 544 g/mol. The van der Waals surface area contributed by atoms with Gasteiger partial charge < -0.3 is 9.47 Å². The van der Waals surface area contributed by atoms with Crippen LogP contribution in [0.15, 0.2) is 125 Å². The Balaban J connectivity index is 1.34. The molecule has 1 aliphatic carbocycles. The second-order valence-electron chi connectivity index (χ2n) is 11.5. The Morgan fingerprint density at radius 1 is 0.585 bits per heavy atom. The largest absolute Gasteiger partial charge is 0.313 e. The summed E-state index contributed by atoms with van der Waals surface area (Å²) >= 11 is 1.91. The van der Waals surface area contributed by atoms with Gasteiger partial charge in [0.15, 0.2) is 0 Å². The molecule has 0 atom stereocenters. The molecule has 2 nitrogen and oxygen atoms in total. The predicted molar refractivity (Wildman–Crippen MR) is 174 cm³/mol. The molecule has 0 radical (unpaired) electrons. The lowest BCUT2D eigenvalue weighted by molar-refractivity contribution is 0.704. The van der Waals surface area contributed by atoms with Crippen LogP contribution in [0.1, 0.15) is 30.5 Å². The molecule has 3 heterocycles. The maximum atomic E-state index is 2.58. The van der Waals surface area contributed by atoms with Crippen LogP contribution < -0.4 is 21.3 Å². The van der Waals surface area contributed by atoms with Gasteiger partial charge in [-0.2, -0.15) is 0 Å². The first-order valence-corrected chi connectivity index (χ1v) is 15.7. The number of hydrogen-bond acceptors (Lipinski definition) is 2. The number of rotatable bonds is 2. The number of aromatic nitrogens is 1. The van der Waals surface area contributed by atoms with E-state index in [1.54, 1.807) is 5.56 Å². The van der Waals surface area contributed by atoms with Crippen LogP contribution in [-0.2, 0) is 12.8 Å². The average molecular weight is 545 g/mol. The first-order chi connectivity index (χ1) is 20.4. The molecule has 0 bridgehead atoms. The van der Waals surface area contributed by atoms with Crippen molar-refractivity contribution in [2.45, 2.75) is 41.9 Å². The number of aryl methyl sites for hydroxylation is 1.